The van der Waals surface area contributed by atoms with E-state index in [9.17, 15) is 8.96 Å². The lowest BCUT2D eigenvalue weighted by Crippen LogP contribution is -2.16. The molecule has 3 N–H and O–H groups in total. The molecular formula is C20H28FN2O3PS. The number of benzene rings is 1. The van der Waals surface area contributed by atoms with Gasteiger partial charge in [0.1, 0.15) is 5.82 Å². The van der Waals surface area contributed by atoms with E-state index in [1.807, 2.05) is 6.07 Å². The minimum absolute atomic E-state index is 0.150. The smallest absolute Gasteiger partial charge is 0.324 e. The van der Waals surface area contributed by atoms with Gasteiger partial charge in [0.15, 0.2) is 0 Å². The topological polar surface area (TPSA) is 82.5 Å². The molecule has 0 atom stereocenters. The van der Waals surface area contributed by atoms with Crippen molar-refractivity contribution in [2.75, 3.05) is 18.5 Å². The second-order valence-corrected chi connectivity index (χ2v) is 9.58. The van der Waals surface area contributed by atoms with Crippen molar-refractivity contribution in [3.8, 4) is 0 Å². The highest BCUT2D eigenvalue weighted by molar-refractivity contribution is 7.99. The summed E-state index contributed by atoms with van der Waals surface area (Å²) in [4.78, 5) is 22.4. The third-order valence-electron chi connectivity index (χ3n) is 4.20. The predicted molar refractivity (Wildman–Crippen MR) is 112 cm³/mol. The molecule has 0 unspecified atom stereocenters. The normalized spacial score (nSPS) is 11.7. The van der Waals surface area contributed by atoms with Gasteiger partial charge >= 0.3 is 7.60 Å². The number of aromatic nitrogens is 1. The highest BCUT2D eigenvalue weighted by atomic mass is 32.2. The Morgan fingerprint density at radius 1 is 1.11 bits per heavy atom. The Balaban J connectivity index is 1.60. The second kappa shape index (κ2) is 12.3. The first-order valence-corrected chi connectivity index (χ1v) is 12.3. The first kappa shape index (κ1) is 23.0. The molecule has 1 aromatic carbocycles. The molecular weight excluding hydrogens is 398 g/mol. The summed E-state index contributed by atoms with van der Waals surface area (Å²) >= 11 is 1.49. The largest absolute Gasteiger partial charge is 0.325 e. The maximum atomic E-state index is 14.2. The lowest BCUT2D eigenvalue weighted by molar-refractivity contribution is 0.371. The Bertz CT molecular complexity index is 758. The molecule has 0 aliphatic heterocycles. The fourth-order valence-electron chi connectivity index (χ4n) is 2.72. The number of rotatable bonds is 13. The van der Waals surface area contributed by atoms with Crippen LogP contribution in [0, 0.1) is 5.82 Å². The maximum absolute atomic E-state index is 14.2. The molecule has 5 nitrogen and oxygen atoms in total. The van der Waals surface area contributed by atoms with Gasteiger partial charge in [-0.1, -0.05) is 36.8 Å². The number of nitrogens with zero attached hydrogens (tertiary/aromatic N) is 1. The first-order valence-electron chi connectivity index (χ1n) is 9.50. The molecule has 0 saturated heterocycles. The van der Waals surface area contributed by atoms with Crippen LogP contribution in [0.3, 0.4) is 0 Å². The Morgan fingerprint density at radius 2 is 1.89 bits per heavy atom. The number of hydrogen-bond acceptors (Lipinski definition) is 4. The van der Waals surface area contributed by atoms with Crippen LogP contribution in [-0.2, 0) is 17.5 Å². The second-order valence-electron chi connectivity index (χ2n) is 6.67. The molecule has 28 heavy (non-hydrogen) atoms. The zero-order valence-electron chi connectivity index (χ0n) is 15.9. The van der Waals surface area contributed by atoms with Gasteiger partial charge in [0.2, 0.25) is 0 Å². The van der Waals surface area contributed by atoms with Crippen molar-refractivity contribution < 1.29 is 18.7 Å². The van der Waals surface area contributed by atoms with E-state index in [2.05, 4.69) is 34.6 Å². The van der Waals surface area contributed by atoms with Crippen molar-refractivity contribution in [1.82, 2.24) is 10.3 Å². The van der Waals surface area contributed by atoms with Crippen molar-refractivity contribution in [2.24, 2.45) is 0 Å². The van der Waals surface area contributed by atoms with Gasteiger partial charge in [0, 0.05) is 12.7 Å². The minimum Gasteiger partial charge on any atom is -0.324 e. The van der Waals surface area contributed by atoms with E-state index >= 15 is 0 Å². The zero-order valence-corrected chi connectivity index (χ0v) is 17.6. The van der Waals surface area contributed by atoms with E-state index in [0.717, 1.165) is 31.4 Å². The summed E-state index contributed by atoms with van der Waals surface area (Å²) < 4.78 is 24.9. The molecule has 0 aliphatic carbocycles. The van der Waals surface area contributed by atoms with Crippen molar-refractivity contribution in [1.29, 1.82) is 0 Å². The number of aryl methyl sites for hydroxylation is 1. The van der Waals surface area contributed by atoms with E-state index in [-0.39, 0.29) is 12.0 Å². The standard InChI is InChI=1S/C20H28FN2O3PS/c21-19-14-18(15-22-11-7-12-27(24,25)26)23-16-20(19)28-13-6-2-5-10-17-8-3-1-4-9-17/h1,3-4,8-9,14,16,22H,2,5-7,10-13,15H2,(H2,24,25,26). The van der Waals surface area contributed by atoms with Crippen LogP contribution in [0.25, 0.3) is 0 Å². The summed E-state index contributed by atoms with van der Waals surface area (Å²) in [5.41, 5.74) is 1.94. The van der Waals surface area contributed by atoms with E-state index in [1.54, 1.807) is 6.20 Å². The van der Waals surface area contributed by atoms with Gasteiger partial charge in [0.05, 0.1) is 16.8 Å². The zero-order chi connectivity index (χ0) is 20.2. The summed E-state index contributed by atoms with van der Waals surface area (Å²) in [6.45, 7) is 0.830. The van der Waals surface area contributed by atoms with Gasteiger partial charge in [-0.25, -0.2) is 4.39 Å². The first-order chi connectivity index (χ1) is 13.4. The number of nitrogens with one attached hydrogen (secondary N) is 1. The van der Waals surface area contributed by atoms with Crippen LogP contribution in [0.2, 0.25) is 0 Å². The number of pyridine rings is 1. The predicted octanol–water partition coefficient (Wildman–Crippen LogP) is 4.38. The lowest BCUT2D eigenvalue weighted by Gasteiger charge is -2.08. The number of hydrogen-bond donors (Lipinski definition) is 3. The molecule has 2 aromatic rings. The van der Waals surface area contributed by atoms with Gasteiger partial charge in [-0.15, -0.1) is 11.8 Å². The van der Waals surface area contributed by atoms with Gasteiger partial charge < -0.3 is 15.1 Å². The Kier molecular flexibility index (Phi) is 10.2. The third kappa shape index (κ3) is 9.80. The minimum atomic E-state index is -3.94. The van der Waals surface area contributed by atoms with Crippen LogP contribution in [0.15, 0.2) is 47.5 Å². The van der Waals surface area contributed by atoms with Crippen molar-refractivity contribution in [3.63, 3.8) is 0 Å². The summed E-state index contributed by atoms with van der Waals surface area (Å²) in [7, 11) is -3.94. The van der Waals surface area contributed by atoms with Crippen LogP contribution in [0.5, 0.6) is 0 Å². The molecule has 0 bridgehead atoms. The fourth-order valence-corrected chi connectivity index (χ4v) is 4.18. The van der Waals surface area contributed by atoms with Crippen LogP contribution in [0.4, 0.5) is 4.39 Å². The molecule has 1 heterocycles. The van der Waals surface area contributed by atoms with Gasteiger partial charge in [0.25, 0.3) is 0 Å². The Hall–Kier alpha value is -1.24. The molecule has 0 aliphatic rings. The molecule has 2 rings (SSSR count). The summed E-state index contributed by atoms with van der Waals surface area (Å²) in [5.74, 6) is 0.601. The van der Waals surface area contributed by atoms with Crippen molar-refractivity contribution in [3.05, 3.63) is 59.7 Å². The molecule has 0 amide bonds. The average molecular weight is 426 g/mol. The Labute approximate surface area is 170 Å². The molecule has 0 saturated carbocycles. The average Bonchev–Trinajstić information content (AvgIpc) is 2.65. The summed E-state index contributed by atoms with van der Waals surface area (Å²) in [6, 6.07) is 11.9. The molecule has 1 aromatic heterocycles. The van der Waals surface area contributed by atoms with Gasteiger partial charge in [-0.2, -0.15) is 0 Å². The SMILES string of the molecule is O=P(O)(O)CCCNCc1cc(F)c(SCCCCCc2ccccc2)cn1. The highest BCUT2D eigenvalue weighted by Gasteiger charge is 2.11. The molecule has 154 valence electrons. The summed E-state index contributed by atoms with van der Waals surface area (Å²) in [6.07, 6.45) is 6.16. The van der Waals surface area contributed by atoms with E-state index in [4.69, 9.17) is 9.79 Å². The maximum Gasteiger partial charge on any atom is 0.325 e. The fraction of sp³-hybridized carbons (Fsp3) is 0.450. The number of thioether (sulfide) groups is 1. The lowest BCUT2D eigenvalue weighted by atomic mass is 10.1. The number of unbranched alkanes of at least 4 members (excludes halogenated alkanes) is 2. The number of halogens is 1. The van der Waals surface area contributed by atoms with Crippen LogP contribution >= 0.6 is 19.4 Å². The molecule has 0 fully saturated rings. The molecule has 0 spiro atoms. The van der Waals surface area contributed by atoms with E-state index < -0.39 is 7.60 Å². The van der Waals surface area contributed by atoms with Crippen molar-refractivity contribution in [2.45, 2.75) is 43.5 Å². The van der Waals surface area contributed by atoms with E-state index in [0.29, 0.717) is 30.1 Å². The highest BCUT2D eigenvalue weighted by Crippen LogP contribution is 2.34. The van der Waals surface area contributed by atoms with Crippen molar-refractivity contribution >= 4 is 19.4 Å². The van der Waals surface area contributed by atoms with E-state index in [1.165, 1.54) is 23.4 Å². The monoisotopic (exact) mass is 426 g/mol. The third-order valence-corrected chi connectivity index (χ3v) is 6.20. The summed E-state index contributed by atoms with van der Waals surface area (Å²) in [5, 5.41) is 3.02. The molecule has 8 heteroatoms. The van der Waals surface area contributed by atoms with Gasteiger partial charge in [-0.05, 0) is 49.6 Å². The van der Waals surface area contributed by atoms with Crippen LogP contribution in [0.1, 0.15) is 36.9 Å². The Morgan fingerprint density at radius 3 is 2.61 bits per heavy atom. The van der Waals surface area contributed by atoms with Gasteiger partial charge in [-0.3, -0.25) is 9.55 Å². The quantitative estimate of drug-likeness (QED) is 0.250. The molecule has 0 radical (unpaired) electrons. The van der Waals surface area contributed by atoms with Crippen LogP contribution < -0.4 is 5.32 Å². The van der Waals surface area contributed by atoms with Crippen LogP contribution in [-0.4, -0.2) is 33.2 Å².